The van der Waals surface area contributed by atoms with Gasteiger partial charge in [0.1, 0.15) is 0 Å². The lowest BCUT2D eigenvalue weighted by Crippen LogP contribution is -2.33. The van der Waals surface area contributed by atoms with Crippen molar-refractivity contribution >= 4 is 17.6 Å². The number of carboxylic acid groups (broad SMARTS) is 1. The van der Waals surface area contributed by atoms with Gasteiger partial charge in [-0.2, -0.15) is 0 Å². The number of anilines is 1. The number of nitrogens with zero attached hydrogens (tertiary/aromatic N) is 1. The van der Waals surface area contributed by atoms with Gasteiger partial charge in [0.25, 0.3) is 0 Å². The lowest BCUT2D eigenvalue weighted by Gasteiger charge is -2.22. The summed E-state index contributed by atoms with van der Waals surface area (Å²) in [6.45, 7) is 2.45. The summed E-state index contributed by atoms with van der Waals surface area (Å²) < 4.78 is 4.88. The molecule has 0 saturated heterocycles. The third kappa shape index (κ3) is 5.09. The molecule has 1 rings (SSSR count). The molecule has 0 aliphatic rings. The normalized spacial score (nSPS) is 10.2. The predicted molar refractivity (Wildman–Crippen MR) is 72.3 cm³/mol. The van der Waals surface area contributed by atoms with Crippen molar-refractivity contribution in [3.05, 3.63) is 29.8 Å². The lowest BCUT2D eigenvalue weighted by atomic mass is 10.2. The molecule has 0 aromatic heterocycles. The van der Waals surface area contributed by atoms with Gasteiger partial charge in [0.05, 0.1) is 19.4 Å². The molecule has 0 radical (unpaired) electrons. The molecular formula is C14H19NO4. The molecule has 1 amide bonds. The number of ether oxygens (including phenoxy) is 1. The number of methoxy groups -OCH3 is 1. The van der Waals surface area contributed by atoms with E-state index in [2.05, 4.69) is 0 Å². The Morgan fingerprint density at radius 1 is 1.21 bits per heavy atom. The van der Waals surface area contributed by atoms with Crippen molar-refractivity contribution < 1.29 is 19.4 Å². The minimum Gasteiger partial charge on any atom is -0.481 e. The van der Waals surface area contributed by atoms with Crippen molar-refractivity contribution in [3.63, 3.8) is 0 Å². The van der Waals surface area contributed by atoms with Crippen LogP contribution in [0.25, 0.3) is 0 Å². The Labute approximate surface area is 112 Å². The molecule has 0 heterocycles. The molecule has 5 heteroatoms. The Bertz CT molecular complexity index is 428. The van der Waals surface area contributed by atoms with Crippen LogP contribution in [0.5, 0.6) is 0 Å². The number of carbonyl (C=O) groups is 2. The zero-order chi connectivity index (χ0) is 14.3. The molecule has 0 aliphatic carbocycles. The third-order valence-electron chi connectivity index (χ3n) is 2.72. The fourth-order valence-electron chi connectivity index (χ4n) is 1.65. The van der Waals surface area contributed by atoms with E-state index in [0.29, 0.717) is 12.3 Å². The highest BCUT2D eigenvalue weighted by atomic mass is 16.5. The maximum absolute atomic E-state index is 12.1. The third-order valence-corrected chi connectivity index (χ3v) is 2.72. The van der Waals surface area contributed by atoms with Gasteiger partial charge in [-0.25, -0.2) is 0 Å². The number of hydrogen-bond donors (Lipinski definition) is 1. The average molecular weight is 265 g/mol. The Kier molecular flexibility index (Phi) is 6.02. The quantitative estimate of drug-likeness (QED) is 0.817. The number of aliphatic carboxylic acids is 1. The summed E-state index contributed by atoms with van der Waals surface area (Å²) in [7, 11) is 1.53. The molecule has 1 N–H and O–H groups in total. The summed E-state index contributed by atoms with van der Waals surface area (Å²) >= 11 is 0. The number of benzene rings is 1. The fourth-order valence-corrected chi connectivity index (χ4v) is 1.65. The van der Waals surface area contributed by atoms with Gasteiger partial charge in [-0.05, 0) is 19.1 Å². The van der Waals surface area contributed by atoms with E-state index in [0.717, 1.165) is 5.56 Å². The summed E-state index contributed by atoms with van der Waals surface area (Å²) in [5, 5.41) is 8.75. The van der Waals surface area contributed by atoms with Crippen molar-refractivity contribution in [3.8, 4) is 0 Å². The average Bonchev–Trinajstić information content (AvgIpc) is 2.38. The molecule has 104 valence electrons. The highest BCUT2D eigenvalue weighted by Crippen LogP contribution is 2.16. The molecule has 1 aromatic rings. The summed E-state index contributed by atoms with van der Waals surface area (Å²) in [5.74, 6) is -1.05. The largest absolute Gasteiger partial charge is 0.481 e. The van der Waals surface area contributed by atoms with Crippen molar-refractivity contribution in [2.24, 2.45) is 0 Å². The first-order valence-corrected chi connectivity index (χ1v) is 6.12. The van der Waals surface area contributed by atoms with Gasteiger partial charge in [0.15, 0.2) is 0 Å². The Morgan fingerprint density at radius 3 is 2.37 bits per heavy atom. The van der Waals surface area contributed by atoms with Crippen molar-refractivity contribution in [1.29, 1.82) is 0 Å². The van der Waals surface area contributed by atoms with E-state index in [-0.39, 0.29) is 25.3 Å². The Balaban J connectivity index is 2.81. The molecule has 1 aromatic carbocycles. The number of carboxylic acids is 1. The highest BCUT2D eigenvalue weighted by molar-refractivity contribution is 5.93. The zero-order valence-corrected chi connectivity index (χ0v) is 11.3. The van der Waals surface area contributed by atoms with Gasteiger partial charge in [0, 0.05) is 19.3 Å². The van der Waals surface area contributed by atoms with E-state index in [1.54, 1.807) is 0 Å². The molecule has 0 spiro atoms. The van der Waals surface area contributed by atoms with Crippen LogP contribution in [0.1, 0.15) is 18.4 Å². The van der Waals surface area contributed by atoms with Gasteiger partial charge < -0.3 is 14.7 Å². The van der Waals surface area contributed by atoms with Crippen LogP contribution in [-0.4, -0.2) is 37.2 Å². The predicted octanol–water partition coefficient (Wildman–Crippen LogP) is 1.84. The molecule has 0 aliphatic heterocycles. The lowest BCUT2D eigenvalue weighted by molar-refractivity contribution is -0.136. The summed E-state index contributed by atoms with van der Waals surface area (Å²) in [6, 6.07) is 7.43. The maximum Gasteiger partial charge on any atom is 0.305 e. The van der Waals surface area contributed by atoms with E-state index >= 15 is 0 Å². The number of aryl methyl sites for hydroxylation is 1. The topological polar surface area (TPSA) is 66.8 Å². The molecule has 0 unspecified atom stereocenters. The summed E-state index contributed by atoms with van der Waals surface area (Å²) in [4.78, 5) is 24.2. The molecule has 0 fully saturated rings. The van der Waals surface area contributed by atoms with Crippen LogP contribution in [0.3, 0.4) is 0 Å². The standard InChI is InChI=1S/C14H19NO4/c1-11-3-5-12(6-4-11)15(9-7-14(17)18)13(16)8-10-19-2/h3-6H,7-10H2,1-2H3,(H,17,18). The van der Waals surface area contributed by atoms with Crippen molar-refractivity contribution in [2.75, 3.05) is 25.2 Å². The molecule has 0 atom stereocenters. The second-order valence-electron chi connectivity index (χ2n) is 4.27. The monoisotopic (exact) mass is 265 g/mol. The first kappa shape index (κ1) is 15.2. The number of rotatable bonds is 7. The molecule has 0 bridgehead atoms. The van der Waals surface area contributed by atoms with Gasteiger partial charge in [-0.3, -0.25) is 9.59 Å². The van der Waals surface area contributed by atoms with Crippen LogP contribution in [-0.2, 0) is 14.3 Å². The van der Waals surface area contributed by atoms with E-state index in [1.165, 1.54) is 12.0 Å². The second-order valence-corrected chi connectivity index (χ2v) is 4.27. The van der Waals surface area contributed by atoms with Crippen LogP contribution in [0.2, 0.25) is 0 Å². The van der Waals surface area contributed by atoms with Crippen LogP contribution < -0.4 is 4.90 Å². The maximum atomic E-state index is 12.1. The highest BCUT2D eigenvalue weighted by Gasteiger charge is 2.16. The van der Waals surface area contributed by atoms with Crippen LogP contribution in [0, 0.1) is 6.92 Å². The van der Waals surface area contributed by atoms with Crippen molar-refractivity contribution in [1.82, 2.24) is 0 Å². The van der Waals surface area contributed by atoms with Crippen LogP contribution in [0.4, 0.5) is 5.69 Å². The smallest absolute Gasteiger partial charge is 0.305 e. The van der Waals surface area contributed by atoms with Gasteiger partial charge in [-0.15, -0.1) is 0 Å². The van der Waals surface area contributed by atoms with Gasteiger partial charge in [-0.1, -0.05) is 17.7 Å². The van der Waals surface area contributed by atoms with Gasteiger partial charge >= 0.3 is 5.97 Å². The number of amides is 1. The molecule has 5 nitrogen and oxygen atoms in total. The number of hydrogen-bond acceptors (Lipinski definition) is 3. The minimum atomic E-state index is -0.920. The zero-order valence-electron chi connectivity index (χ0n) is 11.3. The summed E-state index contributed by atoms with van der Waals surface area (Å²) in [6.07, 6.45) is 0.163. The summed E-state index contributed by atoms with van der Waals surface area (Å²) in [5.41, 5.74) is 1.80. The van der Waals surface area contributed by atoms with E-state index in [1.807, 2.05) is 31.2 Å². The second kappa shape index (κ2) is 7.53. The molecular weight excluding hydrogens is 246 g/mol. The molecule has 0 saturated carbocycles. The Morgan fingerprint density at radius 2 is 1.84 bits per heavy atom. The van der Waals surface area contributed by atoms with E-state index < -0.39 is 5.97 Å². The van der Waals surface area contributed by atoms with E-state index in [4.69, 9.17) is 9.84 Å². The molecule has 19 heavy (non-hydrogen) atoms. The van der Waals surface area contributed by atoms with Crippen molar-refractivity contribution in [2.45, 2.75) is 19.8 Å². The Hall–Kier alpha value is -1.88. The SMILES string of the molecule is COCCC(=O)N(CCC(=O)O)c1ccc(C)cc1. The van der Waals surface area contributed by atoms with Crippen LogP contribution >= 0.6 is 0 Å². The van der Waals surface area contributed by atoms with Crippen LogP contribution in [0.15, 0.2) is 24.3 Å². The van der Waals surface area contributed by atoms with Gasteiger partial charge in [0.2, 0.25) is 5.91 Å². The first-order valence-electron chi connectivity index (χ1n) is 6.12. The minimum absolute atomic E-state index is 0.0768. The number of carbonyl (C=O) groups excluding carboxylic acids is 1. The first-order chi connectivity index (χ1) is 9.04. The van der Waals surface area contributed by atoms with E-state index in [9.17, 15) is 9.59 Å². The fraction of sp³-hybridized carbons (Fsp3) is 0.429.